The summed E-state index contributed by atoms with van der Waals surface area (Å²) in [7, 11) is 1.51. The largest absolute Gasteiger partial charge is 0.495 e. The monoisotopic (exact) mass is 229 g/mol. The minimum absolute atomic E-state index is 0.509. The van der Waals surface area contributed by atoms with Gasteiger partial charge in [0.15, 0.2) is 6.29 Å². The molecule has 0 bridgehead atoms. The lowest BCUT2D eigenvalue weighted by molar-refractivity contribution is 0.112. The highest BCUT2D eigenvalue weighted by Crippen LogP contribution is 2.27. The van der Waals surface area contributed by atoms with Gasteiger partial charge in [0.25, 0.3) is 0 Å². The zero-order chi connectivity index (χ0) is 9.14. The van der Waals surface area contributed by atoms with Crippen LogP contribution in [0.3, 0.4) is 0 Å². The van der Waals surface area contributed by atoms with Crippen LogP contribution in [0.1, 0.15) is 10.4 Å². The number of ether oxygens (including phenoxy) is 1. The first-order valence-corrected chi connectivity index (χ1v) is 4.06. The van der Waals surface area contributed by atoms with Crippen LogP contribution in [0.4, 0.5) is 5.69 Å². The Labute approximate surface area is 78.6 Å². The maximum absolute atomic E-state index is 10.5. The third-order valence-electron chi connectivity index (χ3n) is 1.48. The van der Waals surface area contributed by atoms with Crippen LogP contribution in [0.2, 0.25) is 0 Å². The number of halogens is 1. The quantitative estimate of drug-likeness (QED) is 0.623. The molecule has 0 fully saturated rings. The summed E-state index contributed by atoms with van der Waals surface area (Å²) in [6.07, 6.45) is 0.742. The molecule has 0 radical (unpaired) electrons. The van der Waals surface area contributed by atoms with Crippen LogP contribution >= 0.6 is 15.9 Å². The number of rotatable bonds is 2. The van der Waals surface area contributed by atoms with Gasteiger partial charge in [-0.3, -0.25) is 4.79 Å². The number of carbonyl (C=O) groups excluding carboxylic acids is 1. The lowest BCUT2D eigenvalue weighted by Crippen LogP contribution is -1.94. The van der Waals surface area contributed by atoms with Gasteiger partial charge in [0, 0.05) is 10.0 Å². The van der Waals surface area contributed by atoms with Crippen LogP contribution in [-0.2, 0) is 0 Å². The lowest BCUT2D eigenvalue weighted by Gasteiger charge is -2.05. The van der Waals surface area contributed by atoms with E-state index in [1.54, 1.807) is 12.1 Å². The molecule has 0 atom stereocenters. The van der Waals surface area contributed by atoms with Crippen LogP contribution in [0.5, 0.6) is 5.75 Å². The maximum atomic E-state index is 10.5. The van der Waals surface area contributed by atoms with Gasteiger partial charge in [0.1, 0.15) is 5.75 Å². The molecule has 2 N–H and O–H groups in total. The highest BCUT2D eigenvalue weighted by molar-refractivity contribution is 9.10. The van der Waals surface area contributed by atoms with Crippen molar-refractivity contribution in [2.45, 2.75) is 0 Å². The van der Waals surface area contributed by atoms with Crippen molar-refractivity contribution in [1.82, 2.24) is 0 Å². The molecule has 0 amide bonds. The normalized spacial score (nSPS) is 9.50. The Bertz CT molecular complexity index is 312. The van der Waals surface area contributed by atoms with Crippen molar-refractivity contribution in [3.63, 3.8) is 0 Å². The molecule has 1 aromatic carbocycles. The van der Waals surface area contributed by atoms with Gasteiger partial charge in [-0.25, -0.2) is 0 Å². The molecule has 0 saturated heterocycles. The van der Waals surface area contributed by atoms with Crippen molar-refractivity contribution >= 4 is 27.9 Å². The Hall–Kier alpha value is -1.03. The fraction of sp³-hybridized carbons (Fsp3) is 0.125. The first-order valence-electron chi connectivity index (χ1n) is 3.27. The van der Waals surface area contributed by atoms with E-state index < -0.39 is 0 Å². The number of anilines is 1. The molecule has 0 unspecified atom stereocenters. The van der Waals surface area contributed by atoms with Crippen molar-refractivity contribution in [3.8, 4) is 5.75 Å². The highest BCUT2D eigenvalue weighted by atomic mass is 79.9. The van der Waals surface area contributed by atoms with Gasteiger partial charge < -0.3 is 10.5 Å². The van der Waals surface area contributed by atoms with Gasteiger partial charge in [0.05, 0.1) is 12.8 Å². The third kappa shape index (κ3) is 1.58. The SMILES string of the molecule is COc1cc(C=O)c(Br)cc1N. The Morgan fingerprint density at radius 2 is 2.25 bits per heavy atom. The van der Waals surface area contributed by atoms with E-state index in [0.29, 0.717) is 21.5 Å². The van der Waals surface area contributed by atoms with Gasteiger partial charge in [-0.15, -0.1) is 0 Å². The van der Waals surface area contributed by atoms with Gasteiger partial charge in [-0.1, -0.05) is 0 Å². The molecule has 0 aliphatic carbocycles. The average Bonchev–Trinajstić information content (AvgIpc) is 2.05. The topological polar surface area (TPSA) is 52.3 Å². The van der Waals surface area contributed by atoms with E-state index in [1.807, 2.05) is 0 Å². The Balaban J connectivity index is 3.26. The molecule has 1 rings (SSSR count). The number of benzene rings is 1. The Kier molecular flexibility index (Phi) is 2.70. The van der Waals surface area contributed by atoms with Gasteiger partial charge in [-0.05, 0) is 28.1 Å². The first-order chi connectivity index (χ1) is 5.69. The van der Waals surface area contributed by atoms with Crippen LogP contribution in [-0.4, -0.2) is 13.4 Å². The summed E-state index contributed by atoms with van der Waals surface area (Å²) in [5.41, 5.74) is 6.62. The summed E-state index contributed by atoms with van der Waals surface area (Å²) in [4.78, 5) is 10.5. The molecular formula is C8H8BrNO2. The summed E-state index contributed by atoms with van der Waals surface area (Å²) < 4.78 is 5.61. The smallest absolute Gasteiger partial charge is 0.151 e. The fourth-order valence-corrected chi connectivity index (χ4v) is 1.31. The van der Waals surface area contributed by atoms with E-state index in [9.17, 15) is 4.79 Å². The van der Waals surface area contributed by atoms with Crippen molar-refractivity contribution < 1.29 is 9.53 Å². The lowest BCUT2D eigenvalue weighted by atomic mass is 10.2. The molecule has 0 spiro atoms. The molecule has 0 aromatic heterocycles. The Morgan fingerprint density at radius 3 is 2.75 bits per heavy atom. The number of aldehydes is 1. The van der Waals surface area contributed by atoms with E-state index in [2.05, 4.69) is 15.9 Å². The van der Waals surface area contributed by atoms with Gasteiger partial charge in [0.2, 0.25) is 0 Å². The molecule has 0 saturated carbocycles. The van der Waals surface area contributed by atoms with E-state index in [4.69, 9.17) is 10.5 Å². The molecule has 4 heteroatoms. The standard InChI is InChI=1S/C8H8BrNO2/c1-12-8-2-5(4-11)6(9)3-7(8)10/h2-4H,10H2,1H3. The zero-order valence-corrected chi connectivity index (χ0v) is 8.09. The third-order valence-corrected chi connectivity index (χ3v) is 2.16. The zero-order valence-electron chi connectivity index (χ0n) is 6.50. The van der Waals surface area contributed by atoms with E-state index in [-0.39, 0.29) is 0 Å². The van der Waals surface area contributed by atoms with Crippen molar-refractivity contribution in [2.24, 2.45) is 0 Å². The molecule has 1 aromatic rings. The van der Waals surface area contributed by atoms with Crippen molar-refractivity contribution in [3.05, 3.63) is 22.2 Å². The average molecular weight is 230 g/mol. The van der Waals surface area contributed by atoms with Crippen LogP contribution < -0.4 is 10.5 Å². The summed E-state index contributed by atoms with van der Waals surface area (Å²) in [5.74, 6) is 0.514. The molecular weight excluding hydrogens is 222 g/mol. The Morgan fingerprint density at radius 1 is 1.58 bits per heavy atom. The van der Waals surface area contributed by atoms with E-state index in [1.165, 1.54) is 7.11 Å². The van der Waals surface area contributed by atoms with Crippen molar-refractivity contribution in [1.29, 1.82) is 0 Å². The van der Waals surface area contributed by atoms with Crippen LogP contribution in [0.15, 0.2) is 16.6 Å². The molecule has 12 heavy (non-hydrogen) atoms. The second-order valence-electron chi connectivity index (χ2n) is 2.23. The fourth-order valence-electron chi connectivity index (χ4n) is 0.852. The first kappa shape index (κ1) is 9.06. The number of methoxy groups -OCH3 is 1. The summed E-state index contributed by atoms with van der Waals surface area (Å²) in [5, 5.41) is 0. The highest BCUT2D eigenvalue weighted by Gasteiger charge is 2.04. The number of carbonyl (C=O) groups is 1. The predicted octanol–water partition coefficient (Wildman–Crippen LogP) is 1.85. The molecule has 3 nitrogen and oxygen atoms in total. The predicted molar refractivity (Wildman–Crippen MR) is 50.5 cm³/mol. The van der Waals surface area contributed by atoms with Crippen molar-refractivity contribution in [2.75, 3.05) is 12.8 Å². The summed E-state index contributed by atoms with van der Waals surface area (Å²) in [6, 6.07) is 3.23. The van der Waals surface area contributed by atoms with Crippen LogP contribution in [0, 0.1) is 0 Å². The second-order valence-corrected chi connectivity index (χ2v) is 3.09. The molecule has 0 heterocycles. The number of nitrogen functional groups attached to an aromatic ring is 1. The van der Waals surface area contributed by atoms with Crippen LogP contribution in [0.25, 0.3) is 0 Å². The number of nitrogens with two attached hydrogens (primary N) is 1. The summed E-state index contributed by atoms with van der Waals surface area (Å²) in [6.45, 7) is 0. The summed E-state index contributed by atoms with van der Waals surface area (Å²) >= 11 is 3.20. The maximum Gasteiger partial charge on any atom is 0.151 e. The van der Waals surface area contributed by atoms with Gasteiger partial charge in [-0.2, -0.15) is 0 Å². The number of hydrogen-bond acceptors (Lipinski definition) is 3. The second kappa shape index (κ2) is 3.58. The van der Waals surface area contributed by atoms with E-state index >= 15 is 0 Å². The molecule has 64 valence electrons. The minimum Gasteiger partial charge on any atom is -0.495 e. The van der Waals surface area contributed by atoms with E-state index in [0.717, 1.165) is 6.29 Å². The molecule has 0 aliphatic heterocycles. The number of hydrogen-bond donors (Lipinski definition) is 1. The molecule has 0 aliphatic rings. The minimum atomic E-state index is 0.509. The van der Waals surface area contributed by atoms with Gasteiger partial charge >= 0.3 is 0 Å².